The Balaban J connectivity index is 1.11. The maximum Gasteiger partial charge on any atom is 0.338 e. The van der Waals surface area contributed by atoms with Crippen LogP contribution in [0.25, 0.3) is 68.6 Å². The summed E-state index contributed by atoms with van der Waals surface area (Å²) in [6.07, 6.45) is 34.3. The minimum atomic E-state index is -0.573. The predicted octanol–water partition coefficient (Wildman–Crippen LogP) is 13.6. The van der Waals surface area contributed by atoms with Crippen LogP contribution in [0.2, 0.25) is 0 Å². The molecule has 2 aliphatic rings. The molecule has 5 aromatic heterocycles. The van der Waals surface area contributed by atoms with Crippen molar-refractivity contribution in [3.63, 3.8) is 0 Å². The average Bonchev–Trinajstić information content (AvgIpc) is 4.46. The molecule has 16 heteroatoms. The number of carbonyl (C=O) groups is 2. The summed E-state index contributed by atoms with van der Waals surface area (Å²) < 4.78 is 13.7. The van der Waals surface area contributed by atoms with Crippen molar-refractivity contribution in [3.05, 3.63) is 184 Å². The molecule has 2 aromatic carbocycles. The van der Waals surface area contributed by atoms with Crippen LogP contribution in [0.3, 0.4) is 0 Å². The van der Waals surface area contributed by atoms with Crippen LogP contribution in [-0.2, 0) is 35.4 Å². The van der Waals surface area contributed by atoms with Crippen LogP contribution < -0.4 is 22.5 Å². The van der Waals surface area contributed by atoms with Crippen LogP contribution in [-0.4, -0.2) is 64.2 Å². The third kappa shape index (κ3) is 15.9. The second-order valence-electron chi connectivity index (χ2n) is 21.9. The molecule has 2 aliphatic heterocycles. The van der Waals surface area contributed by atoms with Gasteiger partial charge in [0.2, 0.25) is 0 Å². The number of unbranched alkanes of at least 4 members (excludes halogenated alkanes) is 16. The summed E-state index contributed by atoms with van der Waals surface area (Å²) in [6, 6.07) is 25.6. The van der Waals surface area contributed by atoms with Gasteiger partial charge in [-0.25, -0.2) is 29.1 Å². The van der Waals surface area contributed by atoms with Crippen molar-refractivity contribution < 1.29 is 19.1 Å². The fourth-order valence-electron chi connectivity index (χ4n) is 11.1. The van der Waals surface area contributed by atoms with E-state index in [1.165, 1.54) is 124 Å². The molecule has 438 valence electrons. The maximum atomic E-state index is 13.4. The lowest BCUT2D eigenvalue weighted by Gasteiger charge is -2.09. The molecular formula is C68H78N8O8. The fourth-order valence-corrected chi connectivity index (χ4v) is 11.1. The summed E-state index contributed by atoms with van der Waals surface area (Å²) in [5, 5.41) is 0. The van der Waals surface area contributed by atoms with E-state index in [1.54, 1.807) is 24.3 Å². The fraction of sp³-hybridized carbons (Fsp3) is 0.382. The zero-order valence-electron chi connectivity index (χ0n) is 48.6. The second-order valence-corrected chi connectivity index (χ2v) is 21.9. The molecule has 9 rings (SSSR count). The first-order chi connectivity index (χ1) is 41.1. The Hall–Kier alpha value is -8.66. The molecule has 0 atom stereocenters. The number of aryl methyl sites for hydroxylation is 2. The Bertz CT molecular complexity index is 3620. The number of rotatable bonds is 30. The quantitative estimate of drug-likeness (QED) is 0.0246. The number of nitrogens with one attached hydrogen (secondary N) is 4. The Labute approximate surface area is 489 Å². The lowest BCUT2D eigenvalue weighted by molar-refractivity contribution is 0.0480. The number of H-pyrrole nitrogens is 4. The molecule has 0 aliphatic carbocycles. The van der Waals surface area contributed by atoms with Gasteiger partial charge in [-0.3, -0.25) is 28.7 Å². The van der Waals surface area contributed by atoms with Crippen molar-refractivity contribution in [1.29, 1.82) is 0 Å². The molecule has 0 radical (unpaired) electrons. The molecule has 0 saturated heterocycles. The van der Waals surface area contributed by atoms with Crippen molar-refractivity contribution in [2.75, 3.05) is 13.2 Å². The molecule has 8 bridgehead atoms. The molecule has 0 spiro atoms. The zero-order chi connectivity index (χ0) is 58.6. The normalized spacial score (nSPS) is 11.8. The van der Waals surface area contributed by atoms with Gasteiger partial charge in [0.05, 0.1) is 47.0 Å². The molecule has 0 amide bonds. The number of fused-ring (bicyclic) bond motifs is 8. The van der Waals surface area contributed by atoms with Gasteiger partial charge in [0.1, 0.15) is 13.2 Å². The van der Waals surface area contributed by atoms with Gasteiger partial charge in [0.15, 0.2) is 0 Å². The monoisotopic (exact) mass is 1130 g/mol. The van der Waals surface area contributed by atoms with E-state index in [-0.39, 0.29) is 26.3 Å². The van der Waals surface area contributed by atoms with E-state index in [2.05, 4.69) is 82.4 Å². The predicted molar refractivity (Wildman–Crippen MR) is 335 cm³/mol. The first kappa shape index (κ1) is 59.9. The van der Waals surface area contributed by atoms with Gasteiger partial charge in [-0.2, -0.15) is 0 Å². The molecular weight excluding hydrogens is 1060 g/mol. The standard InChI is InChI=1S/C68H78N8O8/c1-3-5-7-9-11-13-15-17-19-21-51-53-31-35-57(69-53)63(47-23-27-49(28-24-47)65(79)83-45-43-75-41-39-61(77)73-67(75)81)59-37-33-55(71-59)52(22-20-18-16-14-12-10-8-6-4-2)56-34-38-60(72-56)64(58-36-32-54(51)70-58)48-25-29-50(30-26-48)66(80)84-46-44-76-42-40-62(78)74-68(76)82/h23-42,69,72H,3-22,43-46H2,1-2H3,(H,73,77,81)(H,74,78,82). The summed E-state index contributed by atoms with van der Waals surface area (Å²) >= 11 is 0. The number of carbonyl (C=O) groups excluding carboxylic acids is 2. The van der Waals surface area contributed by atoms with Crippen molar-refractivity contribution in [3.8, 4) is 22.3 Å². The minimum absolute atomic E-state index is 0.0622. The van der Waals surface area contributed by atoms with Gasteiger partial charge in [0.25, 0.3) is 11.1 Å². The number of nitrogens with zero attached hydrogens (tertiary/aromatic N) is 4. The Morgan fingerprint density at radius 1 is 0.405 bits per heavy atom. The SMILES string of the molecule is CCCCCCCCCCCc1c2nc(c(-c3ccc(C(=O)OCCn4ccc(=O)[nH]c4=O)cc3)c3ccc([nH]3)c(CCCCCCCCCCC)c3nc(c(-c4ccc(C(=O)OCCn5ccc(=O)[nH]c5=O)cc4)c4ccc1[nH]4)C=C3)C=C2. The largest absolute Gasteiger partial charge is 0.460 e. The number of aromatic nitrogens is 8. The van der Waals surface area contributed by atoms with Gasteiger partial charge >= 0.3 is 23.3 Å². The van der Waals surface area contributed by atoms with E-state index in [1.807, 2.05) is 24.3 Å². The van der Waals surface area contributed by atoms with Gasteiger partial charge in [-0.15, -0.1) is 0 Å². The number of ether oxygens (including phenoxy) is 2. The van der Waals surface area contributed by atoms with Crippen LogP contribution >= 0.6 is 0 Å². The highest BCUT2D eigenvalue weighted by Crippen LogP contribution is 2.36. The van der Waals surface area contributed by atoms with Gasteiger partial charge in [0, 0.05) is 68.8 Å². The second kappa shape index (κ2) is 30.1. The highest BCUT2D eigenvalue weighted by atomic mass is 16.5. The van der Waals surface area contributed by atoms with E-state index in [9.17, 15) is 28.8 Å². The molecule has 0 fully saturated rings. The molecule has 16 nitrogen and oxygen atoms in total. The van der Waals surface area contributed by atoms with E-state index < -0.39 is 34.4 Å². The van der Waals surface area contributed by atoms with Crippen LogP contribution in [0.4, 0.5) is 0 Å². The lowest BCUT2D eigenvalue weighted by Crippen LogP contribution is -2.30. The summed E-state index contributed by atoms with van der Waals surface area (Å²) in [5.74, 6) is -1.07. The topological polar surface area (TPSA) is 220 Å². The number of hydrogen-bond donors (Lipinski definition) is 4. The van der Waals surface area contributed by atoms with E-state index in [4.69, 9.17) is 19.4 Å². The molecule has 0 unspecified atom stereocenters. The highest BCUT2D eigenvalue weighted by Gasteiger charge is 2.20. The molecule has 7 aromatic rings. The molecule has 4 N–H and O–H groups in total. The number of aromatic amines is 4. The Morgan fingerprint density at radius 3 is 1.12 bits per heavy atom. The lowest BCUT2D eigenvalue weighted by atomic mass is 10.0. The smallest absolute Gasteiger partial charge is 0.338 e. The van der Waals surface area contributed by atoms with Crippen LogP contribution in [0.1, 0.15) is 184 Å². The van der Waals surface area contributed by atoms with E-state index in [0.717, 1.165) is 117 Å². The third-order valence-electron chi connectivity index (χ3n) is 15.8. The molecule has 7 heterocycles. The molecule has 84 heavy (non-hydrogen) atoms. The summed E-state index contributed by atoms with van der Waals surface area (Å²) in [5.41, 5.74) is 11.1. The van der Waals surface area contributed by atoms with Crippen molar-refractivity contribution in [2.45, 2.75) is 155 Å². The van der Waals surface area contributed by atoms with Gasteiger partial charge in [-0.05, 0) is 110 Å². The number of benzene rings is 2. The van der Waals surface area contributed by atoms with Gasteiger partial charge < -0.3 is 19.4 Å². The van der Waals surface area contributed by atoms with Crippen molar-refractivity contribution >= 4 is 58.3 Å². The van der Waals surface area contributed by atoms with Crippen LogP contribution in [0.5, 0.6) is 0 Å². The minimum Gasteiger partial charge on any atom is -0.460 e. The first-order valence-electron chi connectivity index (χ1n) is 30.4. The van der Waals surface area contributed by atoms with Gasteiger partial charge in [-0.1, -0.05) is 141 Å². The first-order valence-corrected chi connectivity index (χ1v) is 30.4. The summed E-state index contributed by atoms with van der Waals surface area (Å²) in [6.45, 7) is 4.54. The molecule has 0 saturated carbocycles. The van der Waals surface area contributed by atoms with Crippen molar-refractivity contribution in [1.82, 2.24) is 39.0 Å². The summed E-state index contributed by atoms with van der Waals surface area (Å²) in [4.78, 5) is 97.4. The summed E-state index contributed by atoms with van der Waals surface area (Å²) in [7, 11) is 0. The zero-order valence-corrected chi connectivity index (χ0v) is 48.6. The number of hydrogen-bond acceptors (Lipinski definition) is 10. The van der Waals surface area contributed by atoms with Crippen LogP contribution in [0, 0.1) is 0 Å². The maximum absolute atomic E-state index is 13.4. The number of esters is 2. The average molecular weight is 1140 g/mol. The Morgan fingerprint density at radius 2 is 0.750 bits per heavy atom. The van der Waals surface area contributed by atoms with E-state index >= 15 is 0 Å². The van der Waals surface area contributed by atoms with Crippen molar-refractivity contribution in [2.24, 2.45) is 0 Å². The highest BCUT2D eigenvalue weighted by molar-refractivity contribution is 5.96. The van der Waals surface area contributed by atoms with Crippen LogP contribution in [0.15, 0.2) is 117 Å². The van der Waals surface area contributed by atoms with E-state index in [0.29, 0.717) is 11.1 Å². The Kier molecular flexibility index (Phi) is 21.5. The third-order valence-corrected chi connectivity index (χ3v) is 15.8.